The van der Waals surface area contributed by atoms with Gasteiger partial charge in [-0.25, -0.2) is 17.5 Å². The maximum atomic E-state index is 11.4. The normalized spacial score (nSPS) is 11.8. The molecule has 0 bridgehead atoms. The van der Waals surface area contributed by atoms with Crippen LogP contribution >= 0.6 is 23.4 Å². The van der Waals surface area contributed by atoms with Crippen molar-refractivity contribution in [2.45, 2.75) is 11.4 Å². The average molecular weight is 324 g/mol. The third-order valence-electron chi connectivity index (χ3n) is 2.58. The van der Waals surface area contributed by atoms with Crippen molar-refractivity contribution in [1.29, 1.82) is 0 Å². The fourth-order valence-corrected chi connectivity index (χ4v) is 2.93. The van der Waals surface area contributed by atoms with E-state index in [1.165, 1.54) is 30.9 Å². The van der Waals surface area contributed by atoms with E-state index in [0.717, 1.165) is 10.6 Å². The predicted octanol–water partition coefficient (Wildman–Crippen LogP) is 2.15. The third-order valence-corrected chi connectivity index (χ3v) is 5.07. The standard InChI is InChI=1S/C11H14ClNO4S2/c1-13(19(3,16)17)6-8-9(12)5-4-7(11(14)15)10(8)18-2/h4-5H,6H2,1-3H3,(H,14,15). The van der Waals surface area contributed by atoms with Crippen molar-refractivity contribution in [3.05, 3.63) is 28.3 Å². The van der Waals surface area contributed by atoms with Gasteiger partial charge in [0.2, 0.25) is 10.0 Å². The molecule has 106 valence electrons. The summed E-state index contributed by atoms with van der Waals surface area (Å²) in [5.74, 6) is -1.07. The molecule has 0 saturated heterocycles. The van der Waals surface area contributed by atoms with Crippen LogP contribution in [0.15, 0.2) is 17.0 Å². The molecule has 1 aromatic carbocycles. The fraction of sp³-hybridized carbons (Fsp3) is 0.364. The van der Waals surface area contributed by atoms with Crippen LogP contribution in [-0.2, 0) is 16.6 Å². The highest BCUT2D eigenvalue weighted by Gasteiger charge is 2.20. The lowest BCUT2D eigenvalue weighted by Gasteiger charge is -2.18. The maximum absolute atomic E-state index is 11.4. The van der Waals surface area contributed by atoms with Gasteiger partial charge in [-0.2, -0.15) is 0 Å². The molecule has 1 N–H and O–H groups in total. The molecule has 1 aromatic rings. The Balaban J connectivity index is 3.34. The molecular weight excluding hydrogens is 310 g/mol. The van der Waals surface area contributed by atoms with Gasteiger partial charge in [-0.1, -0.05) is 11.6 Å². The lowest BCUT2D eigenvalue weighted by Crippen LogP contribution is -2.25. The van der Waals surface area contributed by atoms with Gasteiger partial charge < -0.3 is 5.11 Å². The molecule has 0 atom stereocenters. The zero-order valence-corrected chi connectivity index (χ0v) is 13.1. The Labute approximate surface area is 121 Å². The number of nitrogens with zero attached hydrogens (tertiary/aromatic N) is 1. The zero-order valence-electron chi connectivity index (χ0n) is 10.7. The number of rotatable bonds is 5. The minimum absolute atomic E-state index is 0.0367. The number of halogens is 1. The highest BCUT2D eigenvalue weighted by atomic mass is 35.5. The highest BCUT2D eigenvalue weighted by Crippen LogP contribution is 2.32. The second kappa shape index (κ2) is 6.13. The SMILES string of the molecule is CSc1c(C(=O)O)ccc(Cl)c1CN(C)S(C)(=O)=O. The number of hydrogen-bond acceptors (Lipinski definition) is 4. The van der Waals surface area contributed by atoms with E-state index >= 15 is 0 Å². The molecule has 0 unspecified atom stereocenters. The number of thioether (sulfide) groups is 1. The van der Waals surface area contributed by atoms with Crippen molar-refractivity contribution in [1.82, 2.24) is 4.31 Å². The molecule has 8 heteroatoms. The van der Waals surface area contributed by atoms with Crippen LogP contribution in [0.5, 0.6) is 0 Å². The van der Waals surface area contributed by atoms with E-state index in [1.807, 2.05) is 0 Å². The van der Waals surface area contributed by atoms with Gasteiger partial charge in [0.15, 0.2) is 0 Å². The van der Waals surface area contributed by atoms with Crippen molar-refractivity contribution in [2.75, 3.05) is 19.6 Å². The van der Waals surface area contributed by atoms with Gasteiger partial charge in [0, 0.05) is 29.1 Å². The van der Waals surface area contributed by atoms with E-state index in [-0.39, 0.29) is 12.1 Å². The summed E-state index contributed by atoms with van der Waals surface area (Å²) in [4.78, 5) is 11.6. The molecule has 0 amide bonds. The van der Waals surface area contributed by atoms with Crippen LogP contribution < -0.4 is 0 Å². The molecule has 0 aliphatic heterocycles. The van der Waals surface area contributed by atoms with E-state index in [1.54, 1.807) is 6.26 Å². The molecule has 0 heterocycles. The van der Waals surface area contributed by atoms with Gasteiger partial charge in [-0.15, -0.1) is 11.8 Å². The molecule has 5 nitrogen and oxygen atoms in total. The Bertz CT molecular complexity index is 601. The first kappa shape index (κ1) is 16.3. The molecule has 0 aliphatic carbocycles. The number of hydrogen-bond donors (Lipinski definition) is 1. The monoisotopic (exact) mass is 323 g/mol. The Hall–Kier alpha value is -0.760. The number of carbonyl (C=O) groups is 1. The second-order valence-electron chi connectivity index (χ2n) is 3.93. The van der Waals surface area contributed by atoms with Crippen LogP contribution in [-0.4, -0.2) is 43.4 Å². The second-order valence-corrected chi connectivity index (χ2v) is 7.24. The van der Waals surface area contributed by atoms with Gasteiger partial charge in [-0.3, -0.25) is 0 Å². The van der Waals surface area contributed by atoms with Crippen LogP contribution in [0.3, 0.4) is 0 Å². The highest BCUT2D eigenvalue weighted by molar-refractivity contribution is 7.98. The summed E-state index contributed by atoms with van der Waals surface area (Å²) >= 11 is 7.28. The summed E-state index contributed by atoms with van der Waals surface area (Å²) in [6.07, 6.45) is 2.81. The number of carboxylic acids is 1. The van der Waals surface area contributed by atoms with E-state index in [4.69, 9.17) is 16.7 Å². The lowest BCUT2D eigenvalue weighted by molar-refractivity contribution is 0.0693. The average Bonchev–Trinajstić information content (AvgIpc) is 2.29. The fourth-order valence-electron chi connectivity index (χ4n) is 1.49. The quantitative estimate of drug-likeness (QED) is 0.840. The summed E-state index contributed by atoms with van der Waals surface area (Å²) in [6, 6.07) is 2.89. The lowest BCUT2D eigenvalue weighted by atomic mass is 10.1. The summed E-state index contributed by atoms with van der Waals surface area (Å²) in [5, 5.41) is 9.47. The number of sulfonamides is 1. The molecule has 0 radical (unpaired) electrons. The van der Waals surface area contributed by atoms with Gasteiger partial charge in [-0.05, 0) is 18.4 Å². The first-order valence-electron chi connectivity index (χ1n) is 5.18. The summed E-state index contributed by atoms with van der Waals surface area (Å²) in [5.41, 5.74) is 0.621. The smallest absolute Gasteiger partial charge is 0.336 e. The Morgan fingerprint density at radius 2 is 2.05 bits per heavy atom. The van der Waals surface area contributed by atoms with E-state index in [2.05, 4.69) is 0 Å². The molecule has 0 spiro atoms. The van der Waals surface area contributed by atoms with Crippen molar-refractivity contribution < 1.29 is 18.3 Å². The predicted molar refractivity (Wildman–Crippen MR) is 76.5 cm³/mol. The summed E-state index contributed by atoms with van der Waals surface area (Å²) in [7, 11) is -1.94. The van der Waals surface area contributed by atoms with Crippen molar-refractivity contribution in [3.8, 4) is 0 Å². The van der Waals surface area contributed by atoms with E-state index < -0.39 is 16.0 Å². The minimum Gasteiger partial charge on any atom is -0.478 e. The molecule has 19 heavy (non-hydrogen) atoms. The zero-order chi connectivity index (χ0) is 14.8. The Kier molecular flexibility index (Phi) is 5.26. The Morgan fingerprint density at radius 1 is 1.47 bits per heavy atom. The molecule has 1 rings (SSSR count). The minimum atomic E-state index is -3.36. The van der Waals surface area contributed by atoms with Gasteiger partial charge in [0.25, 0.3) is 0 Å². The van der Waals surface area contributed by atoms with Crippen LogP contribution in [0, 0.1) is 0 Å². The van der Waals surface area contributed by atoms with Crippen molar-refractivity contribution in [3.63, 3.8) is 0 Å². The van der Waals surface area contributed by atoms with Crippen LogP contribution in [0.1, 0.15) is 15.9 Å². The maximum Gasteiger partial charge on any atom is 0.336 e. The van der Waals surface area contributed by atoms with Crippen molar-refractivity contribution >= 4 is 39.4 Å². The first-order chi connectivity index (χ1) is 8.68. The van der Waals surface area contributed by atoms with Crippen molar-refractivity contribution in [2.24, 2.45) is 0 Å². The summed E-state index contributed by atoms with van der Waals surface area (Å²) in [6.45, 7) is 0.0367. The number of aromatic carboxylic acids is 1. The molecule has 0 aromatic heterocycles. The van der Waals surface area contributed by atoms with Gasteiger partial charge in [0.05, 0.1) is 11.8 Å². The largest absolute Gasteiger partial charge is 0.478 e. The van der Waals surface area contributed by atoms with E-state index in [9.17, 15) is 13.2 Å². The van der Waals surface area contributed by atoms with Crippen LogP contribution in [0.4, 0.5) is 0 Å². The number of carboxylic acid groups (broad SMARTS) is 1. The molecular formula is C11H14ClNO4S2. The topological polar surface area (TPSA) is 74.7 Å². The third kappa shape index (κ3) is 3.85. The van der Waals surface area contributed by atoms with Crippen LogP contribution in [0.25, 0.3) is 0 Å². The Morgan fingerprint density at radius 3 is 2.47 bits per heavy atom. The molecule has 0 saturated carbocycles. The van der Waals surface area contributed by atoms with Crippen LogP contribution in [0.2, 0.25) is 5.02 Å². The van der Waals surface area contributed by atoms with E-state index in [0.29, 0.717) is 15.5 Å². The summed E-state index contributed by atoms with van der Waals surface area (Å²) < 4.78 is 24.0. The number of benzene rings is 1. The van der Waals surface area contributed by atoms with Gasteiger partial charge in [0.1, 0.15) is 0 Å². The first-order valence-corrected chi connectivity index (χ1v) is 8.63. The molecule has 0 fully saturated rings. The van der Waals surface area contributed by atoms with Gasteiger partial charge >= 0.3 is 5.97 Å². The molecule has 0 aliphatic rings.